The normalized spacial score (nSPS) is 11.6. The Morgan fingerprint density at radius 3 is 2.60 bits per heavy atom. The molecule has 1 aromatic heterocycles. The van der Waals surface area contributed by atoms with Gasteiger partial charge >= 0.3 is 0 Å². The highest BCUT2D eigenvalue weighted by atomic mass is 32.2. The molecular formula is C20H19FN4O4S. The van der Waals surface area contributed by atoms with E-state index in [0.717, 1.165) is 4.31 Å². The first-order valence-electron chi connectivity index (χ1n) is 8.93. The number of halogens is 1. The van der Waals surface area contributed by atoms with Gasteiger partial charge in [-0.25, -0.2) is 12.8 Å². The lowest BCUT2D eigenvalue weighted by Crippen LogP contribution is -2.33. The predicted molar refractivity (Wildman–Crippen MR) is 105 cm³/mol. The highest BCUT2D eigenvalue weighted by Gasteiger charge is 2.26. The lowest BCUT2D eigenvalue weighted by Gasteiger charge is -2.20. The van der Waals surface area contributed by atoms with Gasteiger partial charge in [-0.1, -0.05) is 17.3 Å². The average Bonchev–Trinajstić information content (AvgIpc) is 3.21. The Bertz CT molecular complexity index is 1170. The summed E-state index contributed by atoms with van der Waals surface area (Å²) >= 11 is 0. The van der Waals surface area contributed by atoms with Crippen LogP contribution in [0.4, 0.5) is 4.39 Å². The quantitative estimate of drug-likeness (QED) is 0.540. The second kappa shape index (κ2) is 9.13. The zero-order valence-electron chi connectivity index (χ0n) is 16.4. The van der Waals surface area contributed by atoms with Crippen LogP contribution in [0.25, 0.3) is 11.4 Å². The number of aryl methyl sites for hydroxylation is 1. The van der Waals surface area contributed by atoms with Crippen LogP contribution >= 0.6 is 0 Å². The van der Waals surface area contributed by atoms with Crippen molar-refractivity contribution >= 4 is 10.0 Å². The van der Waals surface area contributed by atoms with Crippen LogP contribution in [0.5, 0.6) is 0 Å². The van der Waals surface area contributed by atoms with Crippen LogP contribution in [0.1, 0.15) is 17.0 Å². The molecule has 0 amide bonds. The number of benzene rings is 2. The second-order valence-electron chi connectivity index (χ2n) is 6.44. The van der Waals surface area contributed by atoms with E-state index in [1.165, 1.54) is 37.4 Å². The lowest BCUT2D eigenvalue weighted by molar-refractivity contribution is 0.173. The summed E-state index contributed by atoms with van der Waals surface area (Å²) in [6, 6.07) is 12.1. The summed E-state index contributed by atoms with van der Waals surface area (Å²) < 4.78 is 51.3. The summed E-state index contributed by atoms with van der Waals surface area (Å²) in [6.45, 7) is 1.66. The summed E-state index contributed by atoms with van der Waals surface area (Å²) in [5, 5.41) is 12.7. The minimum absolute atomic E-state index is 0.0259. The van der Waals surface area contributed by atoms with Crippen LogP contribution in [0.2, 0.25) is 0 Å². The van der Waals surface area contributed by atoms with Crippen molar-refractivity contribution in [3.8, 4) is 17.5 Å². The fourth-order valence-electron chi connectivity index (χ4n) is 2.65. The molecule has 0 aliphatic heterocycles. The molecule has 0 fully saturated rings. The Morgan fingerprint density at radius 1 is 1.23 bits per heavy atom. The number of ether oxygens (including phenoxy) is 1. The van der Waals surface area contributed by atoms with Crippen LogP contribution in [0, 0.1) is 24.1 Å². The standard InChI is InChI=1S/C20H19FN4O4S/c1-14-3-6-16(11-18(14)21)20-23-19(29-24-20)13-25(9-10-28-2)30(26,27)17-7-4-15(12-22)5-8-17/h3-8,11H,9-10,13H2,1-2H3. The molecule has 3 aromatic rings. The van der Waals surface area contributed by atoms with E-state index in [9.17, 15) is 12.8 Å². The molecule has 1 heterocycles. The van der Waals surface area contributed by atoms with Crippen molar-refractivity contribution in [1.82, 2.24) is 14.4 Å². The van der Waals surface area contributed by atoms with Gasteiger partial charge in [0.25, 0.3) is 0 Å². The number of aromatic nitrogens is 2. The molecule has 2 aromatic carbocycles. The van der Waals surface area contributed by atoms with Crippen molar-refractivity contribution in [2.24, 2.45) is 0 Å². The SMILES string of the molecule is COCCN(Cc1nc(-c2ccc(C)c(F)c2)no1)S(=O)(=O)c1ccc(C#N)cc1. The van der Waals surface area contributed by atoms with Gasteiger partial charge in [-0.15, -0.1) is 0 Å². The summed E-state index contributed by atoms with van der Waals surface area (Å²) in [5.41, 5.74) is 1.26. The van der Waals surface area contributed by atoms with E-state index in [-0.39, 0.29) is 36.3 Å². The molecule has 0 bridgehead atoms. The summed E-state index contributed by atoms with van der Waals surface area (Å²) in [4.78, 5) is 4.23. The Kier molecular flexibility index (Phi) is 6.56. The smallest absolute Gasteiger partial charge is 0.243 e. The number of hydrogen-bond donors (Lipinski definition) is 0. The molecule has 30 heavy (non-hydrogen) atoms. The fraction of sp³-hybridized carbons (Fsp3) is 0.250. The predicted octanol–water partition coefficient (Wildman–Crippen LogP) is 2.89. The first-order chi connectivity index (χ1) is 14.3. The van der Waals surface area contributed by atoms with E-state index in [2.05, 4.69) is 10.1 Å². The molecule has 0 N–H and O–H groups in total. The van der Waals surface area contributed by atoms with Crippen LogP contribution in [-0.4, -0.2) is 43.1 Å². The molecule has 0 aliphatic rings. The van der Waals surface area contributed by atoms with E-state index in [0.29, 0.717) is 16.7 Å². The summed E-state index contributed by atoms with van der Waals surface area (Å²) in [5.74, 6) is -0.186. The highest BCUT2D eigenvalue weighted by Crippen LogP contribution is 2.22. The van der Waals surface area contributed by atoms with Crippen molar-refractivity contribution in [2.75, 3.05) is 20.3 Å². The molecule has 0 atom stereocenters. The molecule has 0 spiro atoms. The largest absolute Gasteiger partial charge is 0.383 e. The van der Waals surface area contributed by atoms with Crippen molar-refractivity contribution in [2.45, 2.75) is 18.4 Å². The molecule has 3 rings (SSSR count). The van der Waals surface area contributed by atoms with Gasteiger partial charge in [0.05, 0.1) is 29.7 Å². The van der Waals surface area contributed by atoms with E-state index in [1.54, 1.807) is 19.1 Å². The molecule has 0 aliphatic carbocycles. The minimum Gasteiger partial charge on any atom is -0.383 e. The molecule has 0 radical (unpaired) electrons. The summed E-state index contributed by atoms with van der Waals surface area (Å²) in [7, 11) is -2.45. The highest BCUT2D eigenvalue weighted by molar-refractivity contribution is 7.89. The Balaban J connectivity index is 1.87. The zero-order chi connectivity index (χ0) is 21.7. The van der Waals surface area contributed by atoms with Gasteiger partial charge in [-0.3, -0.25) is 0 Å². The van der Waals surface area contributed by atoms with Gasteiger partial charge in [-0.2, -0.15) is 14.6 Å². The average molecular weight is 430 g/mol. The van der Waals surface area contributed by atoms with Gasteiger partial charge < -0.3 is 9.26 Å². The van der Waals surface area contributed by atoms with Gasteiger partial charge in [0.2, 0.25) is 21.7 Å². The third-order valence-corrected chi connectivity index (χ3v) is 6.24. The van der Waals surface area contributed by atoms with Crippen molar-refractivity contribution in [3.05, 3.63) is 65.3 Å². The van der Waals surface area contributed by atoms with Crippen LogP contribution in [0.15, 0.2) is 51.9 Å². The number of rotatable bonds is 8. The molecular weight excluding hydrogens is 411 g/mol. The van der Waals surface area contributed by atoms with Crippen LogP contribution in [0.3, 0.4) is 0 Å². The number of nitriles is 1. The summed E-state index contributed by atoms with van der Waals surface area (Å²) in [6.07, 6.45) is 0. The lowest BCUT2D eigenvalue weighted by atomic mass is 10.1. The maximum Gasteiger partial charge on any atom is 0.243 e. The monoisotopic (exact) mass is 430 g/mol. The molecule has 156 valence electrons. The van der Waals surface area contributed by atoms with Gasteiger partial charge in [0.1, 0.15) is 5.82 Å². The molecule has 0 unspecified atom stereocenters. The topological polar surface area (TPSA) is 109 Å². The Morgan fingerprint density at radius 2 is 1.97 bits per heavy atom. The molecule has 0 saturated heterocycles. The number of sulfonamides is 1. The van der Waals surface area contributed by atoms with Crippen molar-refractivity contribution < 1.29 is 22.1 Å². The van der Waals surface area contributed by atoms with E-state index >= 15 is 0 Å². The van der Waals surface area contributed by atoms with Gasteiger partial charge in [0.15, 0.2) is 0 Å². The molecule has 8 nitrogen and oxygen atoms in total. The van der Waals surface area contributed by atoms with E-state index in [4.69, 9.17) is 14.5 Å². The Labute approximate surface area is 173 Å². The van der Waals surface area contributed by atoms with Crippen LogP contribution in [-0.2, 0) is 21.3 Å². The number of methoxy groups -OCH3 is 1. The molecule has 10 heteroatoms. The maximum atomic E-state index is 13.8. The second-order valence-corrected chi connectivity index (χ2v) is 8.38. The number of hydrogen-bond acceptors (Lipinski definition) is 7. The third-order valence-electron chi connectivity index (χ3n) is 4.38. The van der Waals surface area contributed by atoms with Gasteiger partial charge in [0, 0.05) is 19.2 Å². The van der Waals surface area contributed by atoms with E-state index < -0.39 is 15.8 Å². The van der Waals surface area contributed by atoms with Gasteiger partial charge in [-0.05, 0) is 42.8 Å². The number of nitrogens with zero attached hydrogens (tertiary/aromatic N) is 4. The maximum absolute atomic E-state index is 13.8. The molecule has 0 saturated carbocycles. The minimum atomic E-state index is -3.91. The third kappa shape index (κ3) is 4.71. The zero-order valence-corrected chi connectivity index (χ0v) is 17.2. The van der Waals surface area contributed by atoms with Crippen LogP contribution < -0.4 is 0 Å². The fourth-order valence-corrected chi connectivity index (χ4v) is 4.02. The van der Waals surface area contributed by atoms with Crippen molar-refractivity contribution in [3.63, 3.8) is 0 Å². The van der Waals surface area contributed by atoms with E-state index in [1.807, 2.05) is 6.07 Å². The first kappa shape index (κ1) is 21.6. The Hall–Kier alpha value is -3.13. The van der Waals surface area contributed by atoms with Crippen molar-refractivity contribution in [1.29, 1.82) is 5.26 Å². The first-order valence-corrected chi connectivity index (χ1v) is 10.4.